The fourth-order valence-electron chi connectivity index (χ4n) is 8.47. The average Bonchev–Trinajstić information content (AvgIpc) is 3.34. The summed E-state index contributed by atoms with van der Waals surface area (Å²) in [5.74, 6) is -0.529. The molecular weight excluding hydrogens is 916 g/mol. The first-order valence-electron chi connectivity index (χ1n) is 30.1. The monoisotopic (exact) mass is 1030 g/mol. The van der Waals surface area contributed by atoms with Crippen LogP contribution in [-0.4, -0.2) is 74.3 Å². The number of carbonyl (C=O) groups excluding carboxylic acids is 2. The molecule has 0 heterocycles. The van der Waals surface area contributed by atoms with Crippen LogP contribution in [0.4, 0.5) is 0 Å². The molecule has 0 radical (unpaired) electrons. The van der Waals surface area contributed by atoms with E-state index in [1.165, 1.54) is 141 Å². The minimum atomic E-state index is -4.45. The summed E-state index contributed by atoms with van der Waals surface area (Å²) >= 11 is 0. The zero-order chi connectivity index (χ0) is 52.9. The Labute approximate surface area is 445 Å². The lowest BCUT2D eigenvalue weighted by Gasteiger charge is -2.27. The smallest absolute Gasteiger partial charge is 0.456 e. The molecule has 72 heavy (non-hydrogen) atoms. The van der Waals surface area contributed by atoms with Gasteiger partial charge in [0.05, 0.1) is 33.8 Å². The highest BCUT2D eigenvalue weighted by atomic mass is 31.2. The Balaban J connectivity index is 5.27. The van der Waals surface area contributed by atoms with Crippen molar-refractivity contribution in [2.75, 3.05) is 40.9 Å². The van der Waals surface area contributed by atoms with Crippen LogP contribution in [0.5, 0.6) is 0 Å². The largest absolute Gasteiger partial charge is 0.472 e. The molecule has 3 unspecified atom stereocenters. The Morgan fingerprint density at radius 3 is 1.32 bits per heavy atom. The van der Waals surface area contributed by atoms with Gasteiger partial charge in [-0.15, -0.1) is 0 Å². The number of allylic oxidation sites excluding steroid dienone is 9. The van der Waals surface area contributed by atoms with Crippen molar-refractivity contribution in [3.8, 4) is 0 Å². The van der Waals surface area contributed by atoms with Crippen LogP contribution in [0.2, 0.25) is 0 Å². The average molecular weight is 1030 g/mol. The second-order valence-corrected chi connectivity index (χ2v) is 23.0. The van der Waals surface area contributed by atoms with E-state index in [0.29, 0.717) is 23.9 Å². The SMILES string of the molecule is CCCCC/C=C\C/C=C\C/C=C\CCCCCCCCCCC(=O)NC(COP(=O)(O)OCC[N+](C)(C)C)C(/C=C\CCCCCCCCCCCC)OC(=O)CCCCC/C=C\CCCCCCCC. The molecule has 0 aliphatic heterocycles. The molecule has 10 heteroatoms. The van der Waals surface area contributed by atoms with Gasteiger partial charge in [0, 0.05) is 12.8 Å². The number of quaternary nitrogens is 1. The van der Waals surface area contributed by atoms with E-state index in [1.807, 2.05) is 33.3 Å². The number of amides is 1. The van der Waals surface area contributed by atoms with Crippen LogP contribution in [0, 0.1) is 0 Å². The zero-order valence-corrected chi connectivity index (χ0v) is 48.8. The van der Waals surface area contributed by atoms with Crippen molar-refractivity contribution < 1.29 is 37.3 Å². The number of phosphoric acid groups is 1. The third-order valence-electron chi connectivity index (χ3n) is 13.2. The number of hydrogen-bond donors (Lipinski definition) is 2. The number of carbonyl (C=O) groups is 2. The van der Waals surface area contributed by atoms with Crippen LogP contribution >= 0.6 is 7.82 Å². The van der Waals surface area contributed by atoms with Gasteiger partial charge in [0.15, 0.2) is 0 Å². The number of likely N-dealkylation sites (N-methyl/N-ethyl adjacent to an activating group) is 1. The van der Waals surface area contributed by atoms with Crippen LogP contribution in [0.25, 0.3) is 0 Å². The third kappa shape index (κ3) is 52.6. The maximum Gasteiger partial charge on any atom is 0.472 e. The van der Waals surface area contributed by atoms with E-state index in [2.05, 4.69) is 74.7 Å². The minimum Gasteiger partial charge on any atom is -0.456 e. The predicted molar refractivity (Wildman–Crippen MR) is 309 cm³/mol. The quantitative estimate of drug-likeness (QED) is 0.0205. The summed E-state index contributed by atoms with van der Waals surface area (Å²) in [6, 6.07) is -0.858. The first kappa shape index (κ1) is 69.7. The zero-order valence-electron chi connectivity index (χ0n) is 47.9. The molecule has 0 aliphatic carbocycles. The van der Waals surface area contributed by atoms with Crippen LogP contribution in [0.15, 0.2) is 60.8 Å². The molecule has 3 atom stereocenters. The van der Waals surface area contributed by atoms with Gasteiger partial charge in [0.2, 0.25) is 5.91 Å². The van der Waals surface area contributed by atoms with Gasteiger partial charge in [-0.3, -0.25) is 18.6 Å². The first-order valence-corrected chi connectivity index (χ1v) is 31.6. The standard InChI is InChI=1S/C62H115N2O7P/c1-7-10-13-16-19-22-25-28-29-30-31-32-33-34-35-37-39-42-45-48-51-54-61(65)63-59(58-70-72(67,68)69-57-56-64(4,5)6)60(53-50-47-44-41-38-27-24-21-18-15-12-9-3)71-62(66)55-52-49-46-43-40-36-26-23-20-17-14-11-8-2/h19,22,28-29,31-32,36,40,50,53,59-60H,7-18,20-21,23-27,30,33-35,37-39,41-49,51-52,54-58H2,1-6H3,(H-,63,65,67,68)/p+1/b22-19-,29-28-,32-31-,40-36-,53-50-. The lowest BCUT2D eigenvalue weighted by molar-refractivity contribution is -0.870. The summed E-state index contributed by atoms with van der Waals surface area (Å²) in [7, 11) is 1.48. The summed E-state index contributed by atoms with van der Waals surface area (Å²) in [6.45, 7) is 6.97. The Kier molecular flexibility index (Phi) is 50.5. The molecule has 0 aliphatic rings. The second kappa shape index (κ2) is 52.2. The number of rotatable bonds is 54. The van der Waals surface area contributed by atoms with Crippen LogP contribution < -0.4 is 5.32 Å². The van der Waals surface area contributed by atoms with Gasteiger partial charge in [-0.25, -0.2) is 4.57 Å². The molecule has 0 rings (SSSR count). The number of nitrogens with zero attached hydrogens (tertiary/aromatic N) is 1. The lowest BCUT2D eigenvalue weighted by Crippen LogP contribution is -2.47. The minimum absolute atomic E-state index is 0.0354. The highest BCUT2D eigenvalue weighted by Crippen LogP contribution is 2.43. The van der Waals surface area contributed by atoms with Crippen molar-refractivity contribution >= 4 is 19.7 Å². The third-order valence-corrected chi connectivity index (χ3v) is 14.2. The molecule has 2 N–H and O–H groups in total. The molecule has 0 spiro atoms. The van der Waals surface area contributed by atoms with E-state index >= 15 is 0 Å². The van der Waals surface area contributed by atoms with E-state index in [1.54, 1.807) is 0 Å². The van der Waals surface area contributed by atoms with Crippen molar-refractivity contribution in [1.82, 2.24) is 5.32 Å². The molecule has 0 saturated heterocycles. The molecule has 9 nitrogen and oxygen atoms in total. The van der Waals surface area contributed by atoms with Gasteiger partial charge in [0.25, 0.3) is 0 Å². The Morgan fingerprint density at radius 1 is 0.486 bits per heavy atom. The van der Waals surface area contributed by atoms with Gasteiger partial charge in [-0.2, -0.15) is 0 Å². The second-order valence-electron chi connectivity index (χ2n) is 21.5. The highest BCUT2D eigenvalue weighted by molar-refractivity contribution is 7.47. The molecule has 1 amide bonds. The van der Waals surface area contributed by atoms with Gasteiger partial charge >= 0.3 is 13.8 Å². The number of phosphoric ester groups is 1. The highest BCUT2D eigenvalue weighted by Gasteiger charge is 2.30. The summed E-state index contributed by atoms with van der Waals surface area (Å²) in [5, 5.41) is 3.05. The van der Waals surface area contributed by atoms with Crippen molar-refractivity contribution in [2.24, 2.45) is 0 Å². The topological polar surface area (TPSA) is 111 Å². The van der Waals surface area contributed by atoms with Crippen LogP contribution in [0.3, 0.4) is 0 Å². The van der Waals surface area contributed by atoms with Crippen molar-refractivity contribution in [2.45, 2.75) is 283 Å². The Hall–Kier alpha value is -2.29. The van der Waals surface area contributed by atoms with Crippen molar-refractivity contribution in [3.63, 3.8) is 0 Å². The number of nitrogens with one attached hydrogen (secondary N) is 1. The normalized spacial score (nSPS) is 14.2. The molecule has 0 aromatic heterocycles. The van der Waals surface area contributed by atoms with Gasteiger partial charge in [-0.05, 0) is 96.0 Å². The van der Waals surface area contributed by atoms with Gasteiger partial charge < -0.3 is 19.4 Å². The van der Waals surface area contributed by atoms with Gasteiger partial charge in [-0.1, -0.05) is 223 Å². The molecule has 420 valence electrons. The summed E-state index contributed by atoms with van der Waals surface area (Å²) in [4.78, 5) is 37.6. The predicted octanol–water partition coefficient (Wildman–Crippen LogP) is 18.3. The summed E-state index contributed by atoms with van der Waals surface area (Å²) in [6.07, 6.45) is 65.0. The molecule has 0 bridgehead atoms. The lowest BCUT2D eigenvalue weighted by atomic mass is 10.0. The van der Waals surface area contributed by atoms with E-state index < -0.39 is 20.0 Å². The van der Waals surface area contributed by atoms with E-state index in [0.717, 1.165) is 89.9 Å². The summed E-state index contributed by atoms with van der Waals surface area (Å²) in [5.41, 5.74) is 0. The maximum absolute atomic E-state index is 13.5. The molecule has 0 aromatic rings. The van der Waals surface area contributed by atoms with Crippen LogP contribution in [-0.2, 0) is 27.9 Å². The number of ether oxygens (including phenoxy) is 1. The number of unbranched alkanes of at least 4 members (excludes halogenated alkanes) is 30. The first-order chi connectivity index (χ1) is 34.9. The Bertz CT molecular complexity index is 1420. The van der Waals surface area contributed by atoms with E-state index in [4.69, 9.17) is 13.8 Å². The molecular formula is C62H116N2O7P+. The van der Waals surface area contributed by atoms with Crippen molar-refractivity contribution in [1.29, 1.82) is 0 Å². The fraction of sp³-hybridized carbons (Fsp3) is 0.806. The molecule has 0 aromatic carbocycles. The van der Waals surface area contributed by atoms with Crippen molar-refractivity contribution in [3.05, 3.63) is 60.8 Å². The molecule has 0 fully saturated rings. The van der Waals surface area contributed by atoms with Gasteiger partial charge in [0.1, 0.15) is 19.3 Å². The van der Waals surface area contributed by atoms with Crippen LogP contribution in [0.1, 0.15) is 271 Å². The Morgan fingerprint density at radius 2 is 0.847 bits per heavy atom. The molecule has 0 saturated carbocycles. The number of hydrogen-bond acceptors (Lipinski definition) is 6. The van der Waals surface area contributed by atoms with E-state index in [-0.39, 0.29) is 31.5 Å². The fourth-order valence-corrected chi connectivity index (χ4v) is 9.21. The maximum atomic E-state index is 13.5. The van der Waals surface area contributed by atoms with E-state index in [9.17, 15) is 19.0 Å². The number of esters is 1. The summed E-state index contributed by atoms with van der Waals surface area (Å²) < 4.78 is 30.6.